The van der Waals surface area contributed by atoms with Gasteiger partial charge >= 0.3 is 6.09 Å². The lowest BCUT2D eigenvalue weighted by molar-refractivity contribution is 0.0924. The molecule has 2 heterocycles. The lowest BCUT2D eigenvalue weighted by Crippen LogP contribution is -2.43. The lowest BCUT2D eigenvalue weighted by Gasteiger charge is -2.28. The van der Waals surface area contributed by atoms with Gasteiger partial charge in [-0.05, 0) is 56.6 Å². The van der Waals surface area contributed by atoms with Crippen molar-refractivity contribution in [2.45, 2.75) is 50.6 Å². The van der Waals surface area contributed by atoms with Gasteiger partial charge in [0.2, 0.25) is 0 Å². The molecule has 5 rings (SSSR count). The summed E-state index contributed by atoms with van der Waals surface area (Å²) in [6.07, 6.45) is 7.29. The molecule has 2 fully saturated rings. The standard InChI is InChI=1S/C25H29N5O5/c1-34-17-8-9-18(20(10-17)35-12-14-2-3-14)21-23-22(28-13-27-21)19(11-26-23)24(31)29-15-4-6-16(7-5-15)30-25(32)33/h8-11,13-16,26,30H,2-7,12H2,1H3,(H,29,31)(H,32,33). The molecule has 35 heavy (non-hydrogen) atoms. The normalized spacial score (nSPS) is 19.8. The highest BCUT2D eigenvalue weighted by molar-refractivity contribution is 6.08. The Hall–Kier alpha value is -3.82. The Morgan fingerprint density at radius 2 is 1.83 bits per heavy atom. The number of hydrogen-bond acceptors (Lipinski definition) is 6. The van der Waals surface area contributed by atoms with E-state index in [4.69, 9.17) is 14.6 Å². The van der Waals surface area contributed by atoms with E-state index in [-0.39, 0.29) is 18.0 Å². The van der Waals surface area contributed by atoms with E-state index < -0.39 is 6.09 Å². The van der Waals surface area contributed by atoms with Crippen LogP contribution in [0.15, 0.2) is 30.7 Å². The average molecular weight is 480 g/mol. The second-order valence-electron chi connectivity index (χ2n) is 9.24. The maximum Gasteiger partial charge on any atom is 0.404 e. The number of carbonyl (C=O) groups excluding carboxylic acids is 1. The number of hydrogen-bond donors (Lipinski definition) is 4. The SMILES string of the molecule is COc1ccc(-c2ncnc3c(C(=O)NC4CCC(NC(=O)O)CC4)c[nH]c23)c(OCC2CC2)c1. The number of aromatic nitrogens is 3. The van der Waals surface area contributed by atoms with E-state index >= 15 is 0 Å². The molecule has 0 unspecified atom stereocenters. The molecule has 0 aliphatic heterocycles. The molecule has 0 saturated heterocycles. The Morgan fingerprint density at radius 1 is 1.09 bits per heavy atom. The highest BCUT2D eigenvalue weighted by Gasteiger charge is 2.26. The fourth-order valence-corrected chi connectivity index (χ4v) is 4.57. The molecule has 0 radical (unpaired) electrons. The van der Waals surface area contributed by atoms with Gasteiger partial charge in [0.25, 0.3) is 5.91 Å². The molecule has 0 atom stereocenters. The zero-order valence-electron chi connectivity index (χ0n) is 19.5. The summed E-state index contributed by atoms with van der Waals surface area (Å²) in [5, 5.41) is 14.5. The zero-order chi connectivity index (χ0) is 24.4. The number of rotatable bonds is 8. The first kappa shape index (κ1) is 22.9. The van der Waals surface area contributed by atoms with Crippen molar-refractivity contribution in [3.63, 3.8) is 0 Å². The summed E-state index contributed by atoms with van der Waals surface area (Å²) in [6, 6.07) is 5.55. The van der Waals surface area contributed by atoms with E-state index in [1.54, 1.807) is 13.3 Å². The quantitative estimate of drug-likeness (QED) is 0.386. The number of nitrogens with one attached hydrogen (secondary N) is 3. The topological polar surface area (TPSA) is 138 Å². The number of fused-ring (bicyclic) bond motifs is 1. The van der Waals surface area contributed by atoms with Gasteiger partial charge in [-0.2, -0.15) is 0 Å². The average Bonchev–Trinajstić information content (AvgIpc) is 3.59. The van der Waals surface area contributed by atoms with Gasteiger partial charge in [-0.15, -0.1) is 0 Å². The third-order valence-corrected chi connectivity index (χ3v) is 6.71. The summed E-state index contributed by atoms with van der Waals surface area (Å²) in [5.41, 5.74) is 3.11. The van der Waals surface area contributed by atoms with Crippen LogP contribution in [0.4, 0.5) is 4.79 Å². The lowest BCUT2D eigenvalue weighted by atomic mass is 9.91. The molecule has 2 aliphatic carbocycles. The molecule has 3 aromatic rings. The Bertz CT molecular complexity index is 1230. The second-order valence-corrected chi connectivity index (χ2v) is 9.24. The molecule has 0 spiro atoms. The van der Waals surface area contributed by atoms with Gasteiger partial charge in [-0.3, -0.25) is 4.79 Å². The predicted octanol–water partition coefficient (Wildman–Crippen LogP) is 3.73. The summed E-state index contributed by atoms with van der Waals surface area (Å²) in [4.78, 5) is 36.0. The van der Waals surface area contributed by atoms with Crippen molar-refractivity contribution in [2.24, 2.45) is 5.92 Å². The number of H-pyrrole nitrogens is 1. The number of carbonyl (C=O) groups is 2. The van der Waals surface area contributed by atoms with Crippen molar-refractivity contribution < 1.29 is 24.2 Å². The number of carboxylic acid groups (broad SMARTS) is 1. The van der Waals surface area contributed by atoms with Gasteiger partial charge in [0, 0.05) is 29.9 Å². The Balaban J connectivity index is 1.36. The largest absolute Gasteiger partial charge is 0.497 e. The van der Waals surface area contributed by atoms with Crippen LogP contribution in [0, 0.1) is 5.92 Å². The van der Waals surface area contributed by atoms with Gasteiger partial charge < -0.3 is 30.2 Å². The number of nitrogens with zero attached hydrogens (tertiary/aromatic N) is 2. The molecule has 4 N–H and O–H groups in total. The van der Waals surface area contributed by atoms with Crippen molar-refractivity contribution in [3.05, 3.63) is 36.3 Å². The van der Waals surface area contributed by atoms with Crippen LogP contribution < -0.4 is 20.1 Å². The molecular formula is C25H29N5O5. The van der Waals surface area contributed by atoms with E-state index in [1.807, 2.05) is 18.2 Å². The van der Waals surface area contributed by atoms with E-state index in [2.05, 4.69) is 25.6 Å². The fourth-order valence-electron chi connectivity index (χ4n) is 4.57. The van der Waals surface area contributed by atoms with Crippen molar-refractivity contribution in [1.29, 1.82) is 0 Å². The summed E-state index contributed by atoms with van der Waals surface area (Å²) < 4.78 is 11.5. The number of amides is 2. The minimum absolute atomic E-state index is 0.00961. The highest BCUT2D eigenvalue weighted by atomic mass is 16.5. The van der Waals surface area contributed by atoms with Gasteiger partial charge in [-0.1, -0.05) is 0 Å². The van der Waals surface area contributed by atoms with Crippen molar-refractivity contribution >= 4 is 23.0 Å². The number of methoxy groups -OCH3 is 1. The summed E-state index contributed by atoms with van der Waals surface area (Å²) in [5.74, 6) is 1.76. The molecule has 10 nitrogen and oxygen atoms in total. The van der Waals surface area contributed by atoms with Gasteiger partial charge in [0.15, 0.2) is 0 Å². The molecule has 1 aromatic carbocycles. The summed E-state index contributed by atoms with van der Waals surface area (Å²) in [6.45, 7) is 0.650. The molecular weight excluding hydrogens is 450 g/mol. The van der Waals surface area contributed by atoms with E-state index in [0.717, 1.165) is 5.56 Å². The van der Waals surface area contributed by atoms with E-state index in [9.17, 15) is 9.59 Å². The highest BCUT2D eigenvalue weighted by Crippen LogP contribution is 2.37. The minimum atomic E-state index is -1.01. The number of ether oxygens (including phenoxy) is 2. The van der Waals surface area contributed by atoms with Gasteiger partial charge in [0.05, 0.1) is 24.8 Å². The van der Waals surface area contributed by atoms with Crippen LogP contribution in [-0.4, -0.2) is 57.9 Å². The molecule has 184 valence electrons. The predicted molar refractivity (Wildman–Crippen MR) is 129 cm³/mol. The van der Waals surface area contributed by atoms with Crippen molar-refractivity contribution in [2.75, 3.05) is 13.7 Å². The monoisotopic (exact) mass is 479 g/mol. The minimum Gasteiger partial charge on any atom is -0.497 e. The van der Waals surface area contributed by atoms with Crippen LogP contribution in [0.2, 0.25) is 0 Å². The maximum absolute atomic E-state index is 13.1. The smallest absolute Gasteiger partial charge is 0.404 e. The first-order valence-corrected chi connectivity index (χ1v) is 12.0. The van der Waals surface area contributed by atoms with Crippen LogP contribution in [0.3, 0.4) is 0 Å². The molecule has 2 amide bonds. The summed E-state index contributed by atoms with van der Waals surface area (Å²) in [7, 11) is 1.62. The Morgan fingerprint density at radius 3 is 2.51 bits per heavy atom. The van der Waals surface area contributed by atoms with Crippen LogP contribution in [0.1, 0.15) is 48.9 Å². The van der Waals surface area contributed by atoms with Crippen LogP contribution >= 0.6 is 0 Å². The summed E-state index contributed by atoms with van der Waals surface area (Å²) >= 11 is 0. The van der Waals surface area contributed by atoms with Gasteiger partial charge in [-0.25, -0.2) is 14.8 Å². The first-order valence-electron chi connectivity index (χ1n) is 12.0. The number of aromatic amines is 1. The van der Waals surface area contributed by atoms with Crippen LogP contribution in [-0.2, 0) is 0 Å². The molecule has 0 bridgehead atoms. The van der Waals surface area contributed by atoms with Crippen LogP contribution in [0.25, 0.3) is 22.3 Å². The third kappa shape index (κ3) is 5.16. The third-order valence-electron chi connectivity index (χ3n) is 6.71. The molecule has 2 aromatic heterocycles. The molecule has 2 saturated carbocycles. The van der Waals surface area contributed by atoms with E-state index in [0.29, 0.717) is 72.0 Å². The molecule has 10 heteroatoms. The first-order chi connectivity index (χ1) is 17.0. The van der Waals surface area contributed by atoms with Crippen molar-refractivity contribution in [1.82, 2.24) is 25.6 Å². The Labute approximate surface area is 202 Å². The maximum atomic E-state index is 13.1. The fraction of sp³-hybridized carbons (Fsp3) is 0.440. The second kappa shape index (κ2) is 9.81. The van der Waals surface area contributed by atoms with Gasteiger partial charge in [0.1, 0.15) is 29.0 Å². The van der Waals surface area contributed by atoms with Crippen LogP contribution in [0.5, 0.6) is 11.5 Å². The zero-order valence-corrected chi connectivity index (χ0v) is 19.5. The Kier molecular flexibility index (Phi) is 6.43. The van der Waals surface area contributed by atoms with E-state index in [1.165, 1.54) is 19.2 Å². The number of benzene rings is 1. The molecule has 2 aliphatic rings. The van der Waals surface area contributed by atoms with Crippen molar-refractivity contribution in [3.8, 4) is 22.8 Å².